The average Bonchev–Trinajstić information content (AvgIpc) is 3.32. The minimum atomic E-state index is 0.198. The molecular formula is C18H32N2O. The summed E-state index contributed by atoms with van der Waals surface area (Å²) in [5.41, 5.74) is 5.77. The molecule has 3 N–H and O–H groups in total. The lowest BCUT2D eigenvalue weighted by atomic mass is 9.90. The van der Waals surface area contributed by atoms with Gasteiger partial charge in [0.15, 0.2) is 0 Å². The Morgan fingerprint density at radius 1 is 1.43 bits per heavy atom. The van der Waals surface area contributed by atoms with Crippen molar-refractivity contribution in [1.29, 1.82) is 0 Å². The largest absolute Gasteiger partial charge is 0.356 e. The minimum Gasteiger partial charge on any atom is -0.356 e. The summed E-state index contributed by atoms with van der Waals surface area (Å²) in [6, 6.07) is 0. The molecule has 1 amide bonds. The van der Waals surface area contributed by atoms with Crippen molar-refractivity contribution in [3.63, 3.8) is 0 Å². The highest BCUT2D eigenvalue weighted by atomic mass is 16.1. The van der Waals surface area contributed by atoms with Gasteiger partial charge in [-0.3, -0.25) is 4.79 Å². The topological polar surface area (TPSA) is 55.1 Å². The number of hydrogen-bond donors (Lipinski definition) is 2. The molecule has 1 atom stereocenters. The molecule has 21 heavy (non-hydrogen) atoms. The number of hydrogen-bond acceptors (Lipinski definition) is 2. The summed E-state index contributed by atoms with van der Waals surface area (Å²) in [7, 11) is 1.50. The Morgan fingerprint density at radius 3 is 2.57 bits per heavy atom. The van der Waals surface area contributed by atoms with E-state index in [-0.39, 0.29) is 5.91 Å². The number of allylic oxidation sites excluding steroid dienone is 5. The molecule has 0 aromatic heterocycles. The third-order valence-electron chi connectivity index (χ3n) is 3.64. The Labute approximate surface area is 130 Å². The number of amides is 1. The second-order valence-corrected chi connectivity index (χ2v) is 5.29. The maximum atomic E-state index is 11.8. The number of rotatable bonds is 9. The monoisotopic (exact) mass is 292 g/mol. The minimum absolute atomic E-state index is 0.198. The van der Waals surface area contributed by atoms with Crippen molar-refractivity contribution in [2.45, 2.75) is 46.0 Å². The van der Waals surface area contributed by atoms with Crippen molar-refractivity contribution < 1.29 is 4.79 Å². The van der Waals surface area contributed by atoms with Crippen LogP contribution in [0.5, 0.6) is 0 Å². The summed E-state index contributed by atoms with van der Waals surface area (Å²) in [6.07, 6.45) is 13.2. The highest BCUT2D eigenvalue weighted by Gasteiger charge is 2.21. The lowest BCUT2D eigenvalue weighted by molar-refractivity contribution is -0.121. The van der Waals surface area contributed by atoms with Crippen LogP contribution in [-0.4, -0.2) is 19.5 Å². The molecule has 0 spiro atoms. The van der Waals surface area contributed by atoms with Gasteiger partial charge in [-0.2, -0.15) is 0 Å². The van der Waals surface area contributed by atoms with E-state index in [1.165, 1.54) is 25.5 Å². The van der Waals surface area contributed by atoms with Crippen molar-refractivity contribution in [2.24, 2.45) is 17.6 Å². The van der Waals surface area contributed by atoms with Crippen LogP contribution in [0.2, 0.25) is 0 Å². The van der Waals surface area contributed by atoms with E-state index in [2.05, 4.69) is 36.7 Å². The highest BCUT2D eigenvalue weighted by Crippen LogP contribution is 2.27. The average molecular weight is 292 g/mol. The fourth-order valence-corrected chi connectivity index (χ4v) is 2.24. The summed E-state index contributed by atoms with van der Waals surface area (Å²) in [4.78, 5) is 11.8. The van der Waals surface area contributed by atoms with Gasteiger partial charge >= 0.3 is 0 Å². The lowest BCUT2D eigenvalue weighted by Crippen LogP contribution is -2.25. The SMILES string of the molecule is C=C/C=C(\C=C/C)[C@@H](CC)CCC(=O)NCC1CC1.CN. The van der Waals surface area contributed by atoms with Crippen molar-refractivity contribution in [1.82, 2.24) is 5.32 Å². The molecule has 1 fully saturated rings. The summed E-state index contributed by atoms with van der Waals surface area (Å²) in [5.74, 6) is 1.40. The van der Waals surface area contributed by atoms with E-state index >= 15 is 0 Å². The fraction of sp³-hybridized carbons (Fsp3) is 0.611. The third kappa shape index (κ3) is 9.24. The quantitative estimate of drug-likeness (QED) is 0.638. The summed E-state index contributed by atoms with van der Waals surface area (Å²) in [6.45, 7) is 8.83. The molecule has 0 unspecified atom stereocenters. The Morgan fingerprint density at radius 2 is 2.10 bits per heavy atom. The Hall–Kier alpha value is -1.35. The predicted molar refractivity (Wildman–Crippen MR) is 92.0 cm³/mol. The van der Waals surface area contributed by atoms with Crippen LogP contribution in [0.3, 0.4) is 0 Å². The van der Waals surface area contributed by atoms with Crippen molar-refractivity contribution in [3.05, 3.63) is 36.5 Å². The molecule has 1 aliphatic rings. The van der Waals surface area contributed by atoms with Crippen molar-refractivity contribution in [3.8, 4) is 0 Å². The molecule has 1 aliphatic carbocycles. The molecule has 120 valence electrons. The van der Waals surface area contributed by atoms with Crippen LogP contribution in [-0.2, 0) is 4.79 Å². The van der Waals surface area contributed by atoms with Crippen LogP contribution in [0.25, 0.3) is 0 Å². The van der Waals surface area contributed by atoms with Crippen LogP contribution >= 0.6 is 0 Å². The molecule has 3 heteroatoms. The third-order valence-corrected chi connectivity index (χ3v) is 3.64. The smallest absolute Gasteiger partial charge is 0.220 e. The van der Waals surface area contributed by atoms with Gasteiger partial charge in [-0.25, -0.2) is 0 Å². The van der Waals surface area contributed by atoms with Gasteiger partial charge in [-0.05, 0) is 57.1 Å². The maximum absolute atomic E-state index is 11.8. The van der Waals surface area contributed by atoms with E-state index in [1.54, 1.807) is 0 Å². The van der Waals surface area contributed by atoms with Crippen LogP contribution in [0.15, 0.2) is 36.5 Å². The van der Waals surface area contributed by atoms with Crippen molar-refractivity contribution >= 4 is 5.91 Å². The molecule has 0 bridgehead atoms. The van der Waals surface area contributed by atoms with Crippen LogP contribution in [0, 0.1) is 11.8 Å². The van der Waals surface area contributed by atoms with E-state index < -0.39 is 0 Å². The summed E-state index contributed by atoms with van der Waals surface area (Å²) < 4.78 is 0. The molecule has 1 saturated carbocycles. The van der Waals surface area contributed by atoms with Gasteiger partial charge < -0.3 is 11.1 Å². The zero-order valence-corrected chi connectivity index (χ0v) is 13.9. The first-order valence-corrected chi connectivity index (χ1v) is 8.01. The van der Waals surface area contributed by atoms with E-state index in [4.69, 9.17) is 0 Å². The van der Waals surface area contributed by atoms with Gasteiger partial charge in [-0.1, -0.05) is 37.8 Å². The van der Waals surface area contributed by atoms with Gasteiger partial charge in [0, 0.05) is 13.0 Å². The zero-order valence-electron chi connectivity index (χ0n) is 13.9. The Balaban J connectivity index is 0.00000191. The first kappa shape index (κ1) is 19.7. The number of nitrogens with two attached hydrogens (primary N) is 1. The molecule has 3 nitrogen and oxygen atoms in total. The van der Waals surface area contributed by atoms with E-state index in [1.807, 2.05) is 19.1 Å². The molecule has 0 aromatic rings. The number of carbonyl (C=O) groups excluding carboxylic acids is 1. The van der Waals surface area contributed by atoms with Gasteiger partial charge in [0.25, 0.3) is 0 Å². The maximum Gasteiger partial charge on any atom is 0.220 e. The second-order valence-electron chi connectivity index (χ2n) is 5.29. The van der Waals surface area contributed by atoms with E-state index in [0.29, 0.717) is 12.3 Å². The Kier molecular flexibility index (Phi) is 11.6. The van der Waals surface area contributed by atoms with E-state index in [9.17, 15) is 4.79 Å². The zero-order chi connectivity index (χ0) is 16.1. The first-order valence-electron chi connectivity index (χ1n) is 8.01. The summed E-state index contributed by atoms with van der Waals surface area (Å²) >= 11 is 0. The first-order chi connectivity index (χ1) is 10.2. The van der Waals surface area contributed by atoms with Crippen LogP contribution in [0.4, 0.5) is 0 Å². The molecule has 0 heterocycles. The normalized spacial score (nSPS) is 16.1. The summed E-state index contributed by atoms with van der Waals surface area (Å²) in [5, 5.41) is 3.03. The lowest BCUT2D eigenvalue weighted by Gasteiger charge is -2.16. The molecule has 0 saturated heterocycles. The fourth-order valence-electron chi connectivity index (χ4n) is 2.24. The van der Waals surface area contributed by atoms with E-state index in [0.717, 1.165) is 25.3 Å². The van der Waals surface area contributed by atoms with Gasteiger partial charge in [0.2, 0.25) is 5.91 Å². The van der Waals surface area contributed by atoms with Crippen molar-refractivity contribution in [2.75, 3.05) is 13.6 Å². The number of carbonyl (C=O) groups is 1. The highest BCUT2D eigenvalue weighted by molar-refractivity contribution is 5.75. The Bertz CT molecular complexity index is 354. The predicted octanol–water partition coefficient (Wildman–Crippen LogP) is 3.58. The molecular weight excluding hydrogens is 260 g/mol. The van der Waals surface area contributed by atoms with Crippen LogP contribution in [0.1, 0.15) is 46.0 Å². The van der Waals surface area contributed by atoms with Gasteiger partial charge in [0.1, 0.15) is 0 Å². The standard InChI is InChI=1S/C17H27NO.CH5N/c1-4-7-16(8-5-2)15(6-3)11-12-17(19)18-13-14-9-10-14;1-2/h4-5,7-8,14-15H,1,6,9-13H2,2-3H3,(H,18,19);2H2,1H3/b8-5-,16-7+;/t15-;/m0./s1. The number of nitrogens with one attached hydrogen (secondary N) is 1. The second kappa shape index (κ2) is 12.4. The van der Waals surface area contributed by atoms with Gasteiger partial charge in [0.05, 0.1) is 0 Å². The molecule has 0 aromatic carbocycles. The molecule has 0 aliphatic heterocycles. The van der Waals surface area contributed by atoms with Crippen LogP contribution < -0.4 is 11.1 Å². The molecule has 1 rings (SSSR count). The van der Waals surface area contributed by atoms with Gasteiger partial charge in [-0.15, -0.1) is 0 Å². The molecule has 0 radical (unpaired) electrons.